The van der Waals surface area contributed by atoms with Gasteiger partial charge in [-0.2, -0.15) is 0 Å². The molecule has 14 heavy (non-hydrogen) atoms. The standard InChI is InChI=1S/C11H13ClO2/c12-9-2-1-8-3-7(6-13)4-11(14)10(8)5-9/h1-2,5,7,11,13-14H,3-4,6H2. The number of fused-ring (bicyclic) bond motifs is 1. The van der Waals surface area contributed by atoms with E-state index >= 15 is 0 Å². The molecule has 2 N–H and O–H groups in total. The molecule has 1 aliphatic carbocycles. The Kier molecular flexibility index (Phi) is 2.77. The smallest absolute Gasteiger partial charge is 0.0796 e. The summed E-state index contributed by atoms with van der Waals surface area (Å²) in [6, 6.07) is 5.57. The zero-order chi connectivity index (χ0) is 10.1. The van der Waals surface area contributed by atoms with Crippen molar-refractivity contribution in [1.29, 1.82) is 0 Å². The summed E-state index contributed by atoms with van der Waals surface area (Å²) in [4.78, 5) is 0. The molecule has 1 aliphatic rings. The van der Waals surface area contributed by atoms with Gasteiger partial charge in [0.2, 0.25) is 0 Å². The molecule has 0 spiro atoms. The van der Waals surface area contributed by atoms with Gasteiger partial charge in [0, 0.05) is 11.6 Å². The highest BCUT2D eigenvalue weighted by Crippen LogP contribution is 2.34. The molecule has 0 fully saturated rings. The lowest BCUT2D eigenvalue weighted by Gasteiger charge is -2.27. The van der Waals surface area contributed by atoms with Gasteiger partial charge in [-0.1, -0.05) is 17.7 Å². The number of aliphatic hydroxyl groups excluding tert-OH is 2. The molecule has 0 saturated carbocycles. The second-order valence-corrected chi connectivity index (χ2v) is 4.28. The third kappa shape index (κ3) is 1.78. The van der Waals surface area contributed by atoms with E-state index in [1.165, 1.54) is 0 Å². The number of rotatable bonds is 1. The van der Waals surface area contributed by atoms with E-state index in [2.05, 4.69) is 0 Å². The fraction of sp³-hybridized carbons (Fsp3) is 0.455. The van der Waals surface area contributed by atoms with E-state index in [1.807, 2.05) is 18.2 Å². The summed E-state index contributed by atoms with van der Waals surface area (Å²) in [5.74, 6) is 0.179. The van der Waals surface area contributed by atoms with Crippen LogP contribution in [0.1, 0.15) is 23.7 Å². The lowest BCUT2D eigenvalue weighted by atomic mass is 9.82. The minimum absolute atomic E-state index is 0.138. The molecule has 0 saturated heterocycles. The van der Waals surface area contributed by atoms with Crippen LogP contribution in [0.2, 0.25) is 5.02 Å². The molecule has 76 valence electrons. The largest absolute Gasteiger partial charge is 0.396 e. The van der Waals surface area contributed by atoms with Crippen molar-refractivity contribution in [2.24, 2.45) is 5.92 Å². The third-order valence-corrected chi connectivity index (χ3v) is 3.03. The molecule has 2 atom stereocenters. The highest BCUT2D eigenvalue weighted by molar-refractivity contribution is 6.30. The summed E-state index contributed by atoms with van der Waals surface area (Å²) >= 11 is 5.85. The number of halogens is 1. The zero-order valence-electron chi connectivity index (χ0n) is 7.78. The Bertz CT molecular complexity index is 338. The van der Waals surface area contributed by atoms with Crippen molar-refractivity contribution in [1.82, 2.24) is 0 Å². The highest BCUT2D eigenvalue weighted by atomic mass is 35.5. The van der Waals surface area contributed by atoms with Crippen LogP contribution in [-0.2, 0) is 6.42 Å². The third-order valence-electron chi connectivity index (χ3n) is 2.79. The van der Waals surface area contributed by atoms with Crippen molar-refractivity contribution in [2.45, 2.75) is 18.9 Å². The van der Waals surface area contributed by atoms with Crippen LogP contribution < -0.4 is 0 Å². The minimum atomic E-state index is -0.477. The Balaban J connectivity index is 2.35. The Morgan fingerprint density at radius 1 is 1.43 bits per heavy atom. The summed E-state index contributed by atoms with van der Waals surface area (Å²) in [6.45, 7) is 0.138. The second kappa shape index (κ2) is 3.89. The van der Waals surface area contributed by atoms with Crippen LogP contribution in [0.4, 0.5) is 0 Å². The minimum Gasteiger partial charge on any atom is -0.396 e. The van der Waals surface area contributed by atoms with Crippen molar-refractivity contribution in [3.8, 4) is 0 Å². The molecule has 0 radical (unpaired) electrons. The molecule has 0 aromatic heterocycles. The van der Waals surface area contributed by atoms with Gasteiger partial charge in [0.05, 0.1) is 6.10 Å². The quantitative estimate of drug-likeness (QED) is 0.747. The number of hydrogen-bond donors (Lipinski definition) is 2. The summed E-state index contributed by atoms with van der Waals surface area (Å²) < 4.78 is 0. The fourth-order valence-electron chi connectivity index (χ4n) is 2.04. The maximum Gasteiger partial charge on any atom is 0.0796 e. The molecule has 1 aromatic rings. The van der Waals surface area contributed by atoms with Crippen molar-refractivity contribution in [2.75, 3.05) is 6.61 Å². The number of aliphatic hydroxyl groups is 2. The second-order valence-electron chi connectivity index (χ2n) is 3.85. The molecule has 2 rings (SSSR count). The molecule has 1 aromatic carbocycles. The molecule has 0 aliphatic heterocycles. The molecule has 2 nitrogen and oxygen atoms in total. The van der Waals surface area contributed by atoms with Gasteiger partial charge in [-0.15, -0.1) is 0 Å². The monoisotopic (exact) mass is 212 g/mol. The summed E-state index contributed by atoms with van der Waals surface area (Å²) in [6.07, 6.45) is 0.985. The maximum absolute atomic E-state index is 9.82. The molecule has 0 amide bonds. The number of hydrogen-bond acceptors (Lipinski definition) is 2. The predicted molar refractivity (Wildman–Crippen MR) is 55.3 cm³/mol. The topological polar surface area (TPSA) is 40.5 Å². The Morgan fingerprint density at radius 2 is 2.21 bits per heavy atom. The molecule has 3 heteroatoms. The SMILES string of the molecule is OCC1Cc2ccc(Cl)cc2C(O)C1. The molecule has 0 heterocycles. The maximum atomic E-state index is 9.82. The predicted octanol–water partition coefficient (Wildman–Crippen LogP) is 1.93. The van der Waals surface area contributed by atoms with E-state index in [9.17, 15) is 5.11 Å². The average molecular weight is 213 g/mol. The van der Waals surface area contributed by atoms with Gasteiger partial charge in [0.15, 0.2) is 0 Å². The van der Waals surface area contributed by atoms with Crippen LogP contribution in [0.15, 0.2) is 18.2 Å². The van der Waals surface area contributed by atoms with Crippen molar-refractivity contribution in [3.63, 3.8) is 0 Å². The molecular weight excluding hydrogens is 200 g/mol. The molecule has 0 bridgehead atoms. The molecular formula is C11H13ClO2. The fourth-order valence-corrected chi connectivity index (χ4v) is 2.22. The summed E-state index contributed by atoms with van der Waals surface area (Å²) in [5, 5.41) is 19.5. The average Bonchev–Trinajstić information content (AvgIpc) is 2.19. The highest BCUT2D eigenvalue weighted by Gasteiger charge is 2.24. The van der Waals surface area contributed by atoms with Crippen LogP contribution in [0.5, 0.6) is 0 Å². The van der Waals surface area contributed by atoms with Gasteiger partial charge in [-0.05, 0) is 42.0 Å². The van der Waals surface area contributed by atoms with Crippen LogP contribution >= 0.6 is 11.6 Å². The van der Waals surface area contributed by atoms with E-state index in [1.54, 1.807) is 0 Å². The first-order chi connectivity index (χ1) is 6.70. The van der Waals surface area contributed by atoms with E-state index in [0.717, 1.165) is 17.5 Å². The zero-order valence-corrected chi connectivity index (χ0v) is 8.54. The van der Waals surface area contributed by atoms with Gasteiger partial charge in [-0.25, -0.2) is 0 Å². The summed E-state index contributed by atoms with van der Waals surface area (Å²) in [7, 11) is 0. The van der Waals surface area contributed by atoms with Crippen LogP contribution in [0, 0.1) is 5.92 Å². The Labute approximate surface area is 88.1 Å². The first-order valence-corrected chi connectivity index (χ1v) is 5.15. The van der Waals surface area contributed by atoms with Gasteiger partial charge < -0.3 is 10.2 Å². The Hall–Kier alpha value is -0.570. The van der Waals surface area contributed by atoms with Gasteiger partial charge in [0.1, 0.15) is 0 Å². The normalized spacial score (nSPS) is 25.9. The summed E-state index contributed by atoms with van der Waals surface area (Å²) in [5.41, 5.74) is 2.02. The van der Waals surface area contributed by atoms with Gasteiger partial charge in [-0.3, -0.25) is 0 Å². The van der Waals surface area contributed by atoms with Crippen LogP contribution in [-0.4, -0.2) is 16.8 Å². The van der Waals surface area contributed by atoms with E-state index < -0.39 is 6.10 Å². The van der Waals surface area contributed by atoms with Crippen LogP contribution in [0.25, 0.3) is 0 Å². The lowest BCUT2D eigenvalue weighted by Crippen LogP contribution is -2.21. The first kappa shape index (κ1) is 9.97. The lowest BCUT2D eigenvalue weighted by molar-refractivity contribution is 0.104. The van der Waals surface area contributed by atoms with Crippen molar-refractivity contribution >= 4 is 11.6 Å². The van der Waals surface area contributed by atoms with Crippen LogP contribution in [0.3, 0.4) is 0 Å². The van der Waals surface area contributed by atoms with E-state index in [0.29, 0.717) is 11.4 Å². The molecule has 2 unspecified atom stereocenters. The van der Waals surface area contributed by atoms with Crippen molar-refractivity contribution < 1.29 is 10.2 Å². The van der Waals surface area contributed by atoms with Gasteiger partial charge >= 0.3 is 0 Å². The van der Waals surface area contributed by atoms with E-state index in [-0.39, 0.29) is 12.5 Å². The van der Waals surface area contributed by atoms with E-state index in [4.69, 9.17) is 16.7 Å². The number of benzene rings is 1. The first-order valence-electron chi connectivity index (χ1n) is 4.78. The Morgan fingerprint density at radius 3 is 2.93 bits per heavy atom. The van der Waals surface area contributed by atoms with Crippen molar-refractivity contribution in [3.05, 3.63) is 34.3 Å². The van der Waals surface area contributed by atoms with Gasteiger partial charge in [0.25, 0.3) is 0 Å².